The van der Waals surface area contributed by atoms with Crippen molar-refractivity contribution in [3.05, 3.63) is 35.9 Å². The van der Waals surface area contributed by atoms with Crippen molar-refractivity contribution in [1.29, 1.82) is 0 Å². The fourth-order valence-corrected chi connectivity index (χ4v) is 3.13. The van der Waals surface area contributed by atoms with Gasteiger partial charge in [0.1, 0.15) is 0 Å². The molecule has 0 aromatic heterocycles. The Bertz CT molecular complexity index is 413. The molecular weight excluding hydrogens is 296 g/mol. The molecule has 1 atom stereocenters. The summed E-state index contributed by atoms with van der Waals surface area (Å²) in [6.45, 7) is 5.06. The van der Waals surface area contributed by atoms with Crippen molar-refractivity contribution in [3.8, 4) is 0 Å². The molecule has 1 unspecified atom stereocenters. The zero-order valence-electron chi connectivity index (χ0n) is 15.8. The van der Waals surface area contributed by atoms with Crippen LogP contribution in [0.2, 0.25) is 0 Å². The summed E-state index contributed by atoms with van der Waals surface area (Å²) in [5.41, 5.74) is 0.652. The monoisotopic (exact) mass is 332 g/mol. The summed E-state index contributed by atoms with van der Waals surface area (Å²) in [4.78, 5) is 12.0. The van der Waals surface area contributed by atoms with Gasteiger partial charge >= 0.3 is 5.97 Å². The average molecular weight is 333 g/mol. The van der Waals surface area contributed by atoms with Crippen LogP contribution in [0.4, 0.5) is 0 Å². The Morgan fingerprint density at radius 2 is 1.42 bits per heavy atom. The molecule has 0 amide bonds. The molecular formula is C22H36O2. The van der Waals surface area contributed by atoms with Crippen molar-refractivity contribution in [2.45, 2.75) is 84.5 Å². The van der Waals surface area contributed by atoms with Crippen molar-refractivity contribution in [2.75, 3.05) is 6.61 Å². The van der Waals surface area contributed by atoms with E-state index >= 15 is 0 Å². The maximum absolute atomic E-state index is 12.0. The second kappa shape index (κ2) is 14.1. The second-order valence-corrected chi connectivity index (χ2v) is 6.86. The fraction of sp³-hybridized carbons (Fsp3) is 0.682. The van der Waals surface area contributed by atoms with E-state index in [9.17, 15) is 4.79 Å². The molecule has 0 N–H and O–H groups in total. The van der Waals surface area contributed by atoms with Crippen molar-refractivity contribution in [2.24, 2.45) is 5.92 Å². The lowest BCUT2D eigenvalue weighted by molar-refractivity contribution is 0.0478. The van der Waals surface area contributed by atoms with Crippen LogP contribution in [0.15, 0.2) is 30.3 Å². The molecule has 0 fully saturated rings. The van der Waals surface area contributed by atoms with Gasteiger partial charge < -0.3 is 4.74 Å². The van der Waals surface area contributed by atoms with E-state index in [2.05, 4.69) is 13.8 Å². The molecule has 0 heterocycles. The van der Waals surface area contributed by atoms with Gasteiger partial charge in [0.25, 0.3) is 0 Å². The van der Waals surface area contributed by atoms with E-state index in [1.54, 1.807) is 0 Å². The van der Waals surface area contributed by atoms with E-state index in [1.165, 1.54) is 64.2 Å². The number of benzene rings is 1. The van der Waals surface area contributed by atoms with Crippen LogP contribution in [0.3, 0.4) is 0 Å². The number of ether oxygens (including phenoxy) is 1. The highest BCUT2D eigenvalue weighted by Gasteiger charge is 2.11. The maximum Gasteiger partial charge on any atom is 0.338 e. The highest BCUT2D eigenvalue weighted by atomic mass is 16.5. The first-order chi connectivity index (χ1) is 11.8. The van der Waals surface area contributed by atoms with Crippen molar-refractivity contribution in [3.63, 3.8) is 0 Å². The molecule has 136 valence electrons. The van der Waals surface area contributed by atoms with Crippen LogP contribution in [0, 0.1) is 5.92 Å². The normalized spacial score (nSPS) is 12.1. The number of hydrogen-bond donors (Lipinski definition) is 0. The summed E-state index contributed by atoms with van der Waals surface area (Å²) in [6, 6.07) is 9.30. The molecule has 24 heavy (non-hydrogen) atoms. The van der Waals surface area contributed by atoms with Crippen LogP contribution in [0.5, 0.6) is 0 Å². The van der Waals surface area contributed by atoms with E-state index in [-0.39, 0.29) is 5.97 Å². The minimum absolute atomic E-state index is 0.189. The highest BCUT2D eigenvalue weighted by Crippen LogP contribution is 2.21. The van der Waals surface area contributed by atoms with Gasteiger partial charge in [-0.2, -0.15) is 0 Å². The minimum Gasteiger partial charge on any atom is -0.462 e. The predicted octanol–water partition coefficient (Wildman–Crippen LogP) is 6.79. The Labute approximate surface area is 149 Å². The van der Waals surface area contributed by atoms with Gasteiger partial charge in [-0.05, 0) is 24.5 Å². The van der Waals surface area contributed by atoms with Crippen LogP contribution >= 0.6 is 0 Å². The smallest absolute Gasteiger partial charge is 0.338 e. The Morgan fingerprint density at radius 1 is 0.833 bits per heavy atom. The Kier molecular flexibility index (Phi) is 12.2. The molecule has 0 bridgehead atoms. The standard InChI is InChI=1S/C22H36O2/c1-3-5-7-8-11-15-20(14-10-6-4-2)18-19-24-22(23)21-16-12-9-13-17-21/h9,12-13,16-17,20H,3-8,10-11,14-15,18-19H2,1-2H3. The van der Waals surface area contributed by atoms with Crippen molar-refractivity contribution in [1.82, 2.24) is 0 Å². The molecule has 2 nitrogen and oxygen atoms in total. The van der Waals surface area contributed by atoms with Crippen molar-refractivity contribution < 1.29 is 9.53 Å². The zero-order chi connectivity index (χ0) is 17.5. The van der Waals surface area contributed by atoms with Crippen LogP contribution in [0.25, 0.3) is 0 Å². The lowest BCUT2D eigenvalue weighted by Gasteiger charge is -2.17. The highest BCUT2D eigenvalue weighted by molar-refractivity contribution is 5.89. The zero-order valence-corrected chi connectivity index (χ0v) is 15.8. The molecule has 2 heteroatoms. The first-order valence-electron chi connectivity index (χ1n) is 10.00. The lowest BCUT2D eigenvalue weighted by Crippen LogP contribution is -2.11. The third-order valence-corrected chi connectivity index (χ3v) is 4.70. The van der Waals surface area contributed by atoms with Crippen LogP contribution in [-0.2, 0) is 4.74 Å². The Balaban J connectivity index is 2.27. The number of hydrogen-bond acceptors (Lipinski definition) is 2. The molecule has 1 rings (SSSR count). The van der Waals surface area contributed by atoms with E-state index < -0.39 is 0 Å². The summed E-state index contributed by atoms with van der Waals surface area (Å²) in [7, 11) is 0. The van der Waals surface area contributed by atoms with Gasteiger partial charge in [0.2, 0.25) is 0 Å². The van der Waals surface area contributed by atoms with Crippen molar-refractivity contribution >= 4 is 5.97 Å². The maximum atomic E-state index is 12.0. The van der Waals surface area contributed by atoms with Crippen LogP contribution in [-0.4, -0.2) is 12.6 Å². The minimum atomic E-state index is -0.189. The summed E-state index contributed by atoms with van der Waals surface area (Å²) in [5, 5.41) is 0. The Hall–Kier alpha value is -1.31. The molecule has 0 aliphatic rings. The summed E-state index contributed by atoms with van der Waals surface area (Å²) in [5.74, 6) is 0.521. The van der Waals surface area contributed by atoms with E-state index in [0.29, 0.717) is 18.1 Å². The SMILES string of the molecule is CCCCCCCC(CCCCC)CCOC(=O)c1ccccc1. The van der Waals surface area contributed by atoms with Gasteiger partial charge in [-0.1, -0.05) is 96.3 Å². The first kappa shape index (κ1) is 20.7. The molecule has 0 aliphatic carbocycles. The quantitative estimate of drug-likeness (QED) is 0.277. The fourth-order valence-electron chi connectivity index (χ4n) is 3.13. The number of carbonyl (C=O) groups excluding carboxylic acids is 1. The number of carbonyl (C=O) groups is 1. The molecule has 0 radical (unpaired) electrons. The van der Waals surface area contributed by atoms with E-state index in [4.69, 9.17) is 4.74 Å². The van der Waals surface area contributed by atoms with Gasteiger partial charge in [-0.15, -0.1) is 0 Å². The lowest BCUT2D eigenvalue weighted by atomic mass is 9.92. The average Bonchev–Trinajstić information content (AvgIpc) is 2.62. The third-order valence-electron chi connectivity index (χ3n) is 4.70. The number of rotatable bonds is 14. The summed E-state index contributed by atoms with van der Waals surface area (Å²) in [6.07, 6.45) is 14.2. The third kappa shape index (κ3) is 9.75. The van der Waals surface area contributed by atoms with Gasteiger partial charge in [0.15, 0.2) is 0 Å². The van der Waals surface area contributed by atoms with Crippen LogP contribution < -0.4 is 0 Å². The largest absolute Gasteiger partial charge is 0.462 e. The molecule has 0 saturated carbocycles. The number of unbranched alkanes of at least 4 members (excludes halogenated alkanes) is 6. The van der Waals surface area contributed by atoms with Gasteiger partial charge in [-0.25, -0.2) is 4.79 Å². The predicted molar refractivity (Wildman–Crippen MR) is 102 cm³/mol. The first-order valence-corrected chi connectivity index (χ1v) is 10.00. The van der Waals surface area contributed by atoms with Gasteiger partial charge in [0.05, 0.1) is 12.2 Å². The topological polar surface area (TPSA) is 26.3 Å². The Morgan fingerprint density at radius 3 is 2.08 bits per heavy atom. The van der Waals surface area contributed by atoms with Gasteiger partial charge in [0, 0.05) is 0 Å². The van der Waals surface area contributed by atoms with Crippen LogP contribution in [0.1, 0.15) is 94.8 Å². The molecule has 1 aromatic carbocycles. The second-order valence-electron chi connectivity index (χ2n) is 6.86. The van der Waals surface area contributed by atoms with E-state index in [1.807, 2.05) is 30.3 Å². The number of esters is 1. The summed E-state index contributed by atoms with van der Waals surface area (Å²) < 4.78 is 5.47. The molecule has 0 aliphatic heterocycles. The van der Waals surface area contributed by atoms with Gasteiger partial charge in [-0.3, -0.25) is 0 Å². The molecule has 0 spiro atoms. The summed E-state index contributed by atoms with van der Waals surface area (Å²) >= 11 is 0. The van der Waals surface area contributed by atoms with E-state index in [0.717, 1.165) is 6.42 Å². The molecule has 0 saturated heterocycles. The molecule has 1 aromatic rings.